The normalized spacial score (nSPS) is 9.88. The van der Waals surface area contributed by atoms with Crippen LogP contribution in [0.15, 0.2) is 0 Å². The second kappa shape index (κ2) is 4.29. The number of rotatable bonds is 1. The molecule has 0 saturated carbocycles. The maximum absolute atomic E-state index is 11.1. The molecule has 0 unspecified atom stereocenters. The van der Waals surface area contributed by atoms with E-state index in [4.69, 9.17) is 9.90 Å². The Balaban J connectivity index is 0. The second-order valence-electron chi connectivity index (χ2n) is 0.785. The van der Waals surface area contributed by atoms with Crippen LogP contribution in [0.3, 0.4) is 0 Å². The van der Waals surface area contributed by atoms with Crippen LogP contribution < -0.4 is 56.5 Å². The fourth-order valence-corrected chi connectivity index (χ4v) is 0. The first-order chi connectivity index (χ1) is 2.94. The number of carbonyl (C=O) groups excluding carboxylic acids is 1. The van der Waals surface area contributed by atoms with Crippen LogP contribution in [0.5, 0.6) is 0 Å². The summed E-state index contributed by atoms with van der Waals surface area (Å²) in [4.78, 5) is 5.23. The van der Waals surface area contributed by atoms with Gasteiger partial charge in [-0.1, -0.05) is 0 Å². The predicted octanol–water partition coefficient (Wildman–Crippen LogP) is -3.27. The molecule has 0 aromatic rings. The van der Waals surface area contributed by atoms with Gasteiger partial charge in [0.15, 0.2) is 0 Å². The van der Waals surface area contributed by atoms with Gasteiger partial charge < -0.3 is 9.90 Å². The molecular formula is C2BrF2KO2. The second-order valence-corrected chi connectivity index (χ2v) is 1.78. The summed E-state index contributed by atoms with van der Waals surface area (Å²) in [6, 6.07) is 0. The van der Waals surface area contributed by atoms with Crippen molar-refractivity contribution in [2.24, 2.45) is 0 Å². The molecule has 42 valence electrons. The third-order valence-corrected chi connectivity index (χ3v) is 0.555. The van der Waals surface area contributed by atoms with Crippen molar-refractivity contribution in [1.29, 1.82) is 0 Å². The van der Waals surface area contributed by atoms with Gasteiger partial charge in [-0.25, -0.2) is 0 Å². The summed E-state index contributed by atoms with van der Waals surface area (Å²) in [5, 5.41) is 9.11. The molecule has 8 heavy (non-hydrogen) atoms. The number of carbonyl (C=O) groups is 1. The summed E-state index contributed by atoms with van der Waals surface area (Å²) in [6.07, 6.45) is 0. The van der Waals surface area contributed by atoms with E-state index in [1.165, 1.54) is 0 Å². The van der Waals surface area contributed by atoms with E-state index in [9.17, 15) is 8.78 Å². The molecule has 0 spiro atoms. The number of carboxylic acids is 1. The van der Waals surface area contributed by atoms with Crippen molar-refractivity contribution in [2.75, 3.05) is 0 Å². The third kappa shape index (κ3) is 5.58. The van der Waals surface area contributed by atoms with E-state index >= 15 is 0 Å². The van der Waals surface area contributed by atoms with Crippen LogP contribution in [0.4, 0.5) is 8.78 Å². The molecule has 2 nitrogen and oxygen atoms in total. The maximum atomic E-state index is 11.1. The molecule has 0 atom stereocenters. The Bertz CT molecular complexity index is 90.5. The van der Waals surface area contributed by atoms with E-state index in [2.05, 4.69) is 0 Å². The quantitative estimate of drug-likeness (QED) is 0.338. The van der Waals surface area contributed by atoms with E-state index in [0.29, 0.717) is 0 Å². The van der Waals surface area contributed by atoms with Crippen LogP contribution in [0.1, 0.15) is 0 Å². The molecule has 0 saturated heterocycles. The van der Waals surface area contributed by atoms with E-state index in [1.807, 2.05) is 0 Å². The number of hydrogen-bond acceptors (Lipinski definition) is 2. The van der Waals surface area contributed by atoms with Crippen LogP contribution in [-0.2, 0) is 4.79 Å². The summed E-state index contributed by atoms with van der Waals surface area (Å²) in [5.41, 5.74) is 0. The summed E-state index contributed by atoms with van der Waals surface area (Å²) in [6.45, 7) is 0. The monoisotopic (exact) mass is 212 g/mol. The molecule has 0 aromatic carbocycles. The van der Waals surface area contributed by atoms with Crippen LogP contribution in [0.2, 0.25) is 0 Å². The number of aliphatic carboxylic acids is 1. The van der Waals surface area contributed by atoms with E-state index < -0.39 is 10.8 Å². The number of alkyl halides is 3. The van der Waals surface area contributed by atoms with E-state index in [1.54, 1.807) is 15.9 Å². The Morgan fingerprint density at radius 3 is 1.75 bits per heavy atom. The Kier molecular flexibility index (Phi) is 6.52. The fraction of sp³-hybridized carbons (Fsp3) is 0.500. The molecule has 0 N–H and O–H groups in total. The van der Waals surface area contributed by atoms with Crippen molar-refractivity contribution in [3.63, 3.8) is 0 Å². The summed E-state index contributed by atoms with van der Waals surface area (Å²) >= 11 is 1.55. The minimum atomic E-state index is -3.88. The van der Waals surface area contributed by atoms with Crippen LogP contribution in [0.25, 0.3) is 0 Å². The zero-order valence-corrected chi connectivity index (χ0v) is 8.66. The number of halogens is 3. The Morgan fingerprint density at radius 1 is 1.62 bits per heavy atom. The maximum Gasteiger partial charge on any atom is 1.00 e. The van der Waals surface area contributed by atoms with Gasteiger partial charge in [0.1, 0.15) is 5.97 Å². The zero-order chi connectivity index (χ0) is 6.08. The fourth-order valence-electron chi connectivity index (χ4n) is 0. The van der Waals surface area contributed by atoms with E-state index in [0.717, 1.165) is 0 Å². The number of carboxylic acid groups (broad SMARTS) is 1. The summed E-state index contributed by atoms with van der Waals surface area (Å²) in [7, 11) is 0. The topological polar surface area (TPSA) is 40.1 Å². The molecule has 0 amide bonds. The van der Waals surface area contributed by atoms with Gasteiger partial charge >= 0.3 is 56.2 Å². The van der Waals surface area contributed by atoms with Crippen LogP contribution in [0, 0.1) is 0 Å². The van der Waals surface area contributed by atoms with Gasteiger partial charge in [0, 0.05) is 0 Å². The smallest absolute Gasteiger partial charge is 0.543 e. The molecule has 0 heterocycles. The van der Waals surface area contributed by atoms with Crippen molar-refractivity contribution in [2.45, 2.75) is 4.83 Å². The average Bonchev–Trinajstić information content (AvgIpc) is 1.31. The first-order valence-corrected chi connectivity index (χ1v) is 2.02. The van der Waals surface area contributed by atoms with Crippen LogP contribution in [-0.4, -0.2) is 10.8 Å². The minimum absolute atomic E-state index is 0. The molecule has 0 aromatic heterocycles. The standard InChI is InChI=1S/C2HBrF2O2.K/c3-2(4,5)1(6)7;/h(H,6,7);/q;+1/p-1. The van der Waals surface area contributed by atoms with Crippen molar-refractivity contribution in [3.05, 3.63) is 0 Å². The number of hydrogen-bond donors (Lipinski definition) is 0. The van der Waals surface area contributed by atoms with Crippen molar-refractivity contribution in [1.82, 2.24) is 0 Å². The Labute approximate surface area is 95.2 Å². The predicted molar refractivity (Wildman–Crippen MR) is 18.9 cm³/mol. The summed E-state index contributed by atoms with van der Waals surface area (Å²) in [5.74, 6) is -2.42. The molecular weight excluding hydrogens is 213 g/mol. The van der Waals surface area contributed by atoms with Gasteiger partial charge in [-0.2, -0.15) is 8.78 Å². The van der Waals surface area contributed by atoms with Crippen molar-refractivity contribution in [3.8, 4) is 0 Å². The first kappa shape index (κ1) is 12.2. The molecule has 0 fully saturated rings. The van der Waals surface area contributed by atoms with E-state index in [-0.39, 0.29) is 51.4 Å². The molecule has 0 aliphatic carbocycles. The molecule has 0 radical (unpaired) electrons. The van der Waals surface area contributed by atoms with Gasteiger partial charge in [-0.15, -0.1) is 0 Å². The molecule has 0 bridgehead atoms. The van der Waals surface area contributed by atoms with Crippen LogP contribution >= 0.6 is 15.9 Å². The van der Waals surface area contributed by atoms with Gasteiger partial charge in [0.25, 0.3) is 0 Å². The van der Waals surface area contributed by atoms with Crippen molar-refractivity contribution < 1.29 is 70.1 Å². The largest absolute Gasteiger partial charge is 1.00 e. The average molecular weight is 213 g/mol. The zero-order valence-electron chi connectivity index (χ0n) is 3.95. The molecule has 6 heteroatoms. The third-order valence-electron chi connectivity index (χ3n) is 0.231. The minimum Gasteiger partial charge on any atom is -0.543 e. The molecule has 0 aliphatic heterocycles. The van der Waals surface area contributed by atoms with Gasteiger partial charge in [0.2, 0.25) is 0 Å². The Morgan fingerprint density at radius 2 is 1.75 bits per heavy atom. The molecule has 0 aliphatic rings. The SMILES string of the molecule is O=C([O-])C(F)(F)Br.[K+]. The molecule has 0 rings (SSSR count). The van der Waals surface area contributed by atoms with Gasteiger partial charge in [0.05, 0.1) is 0 Å². The Hall–Kier alpha value is 1.45. The first-order valence-electron chi connectivity index (χ1n) is 1.23. The van der Waals surface area contributed by atoms with Gasteiger partial charge in [-0.05, 0) is 15.9 Å². The van der Waals surface area contributed by atoms with Crippen molar-refractivity contribution >= 4 is 21.9 Å². The summed E-state index contributed by atoms with van der Waals surface area (Å²) < 4.78 is 22.2. The van der Waals surface area contributed by atoms with Gasteiger partial charge in [-0.3, -0.25) is 0 Å².